The van der Waals surface area contributed by atoms with Gasteiger partial charge in [-0.1, -0.05) is 62.8 Å². The van der Waals surface area contributed by atoms with Gasteiger partial charge in [0.25, 0.3) is 0 Å². The summed E-state index contributed by atoms with van der Waals surface area (Å²) in [6, 6.07) is 15.8. The van der Waals surface area contributed by atoms with Crippen molar-refractivity contribution in [1.82, 2.24) is 0 Å². The molecule has 2 unspecified atom stereocenters. The van der Waals surface area contributed by atoms with Gasteiger partial charge in [-0.25, -0.2) is 16.8 Å². The van der Waals surface area contributed by atoms with Crippen molar-refractivity contribution in [3.05, 3.63) is 102 Å². The summed E-state index contributed by atoms with van der Waals surface area (Å²) in [6.45, 7) is 4.30. The molecule has 2 heterocycles. The standard InChI is InChI=1S/C39H43N3O8S2.2Na/c1-39(2)35(16-9-6-8-15-31-28-14-12-13-27-30(40(3)4)20-21-32(37(27)28)41(31)5)42(22-11-7-10-17-36(43)44)33-19-18-26-29(38(33)39)23-25(51(45,46)47)24-34(26)52(48,49)50;;/h6,8-9,12-16,18-21,23-24,31H,7,10-11,17,22H2,1-5H3,(H,43,44)(H,45,46,47)(H,48,49,50);;/q;2*+1/p-2/b9-6+,15-8+,35-16+;;. The van der Waals surface area contributed by atoms with Gasteiger partial charge in [0, 0.05) is 66.1 Å². The molecule has 1 N–H and O–H groups in total. The van der Waals surface area contributed by atoms with Gasteiger partial charge >= 0.3 is 59.1 Å². The number of fused-ring (bicyclic) bond motifs is 3. The number of anilines is 2. The zero-order chi connectivity index (χ0) is 37.7. The van der Waals surface area contributed by atoms with Crippen LogP contribution in [0.3, 0.4) is 0 Å². The average molecular weight is 790 g/mol. The Labute approximate surface area is 361 Å². The van der Waals surface area contributed by atoms with E-state index in [2.05, 4.69) is 48.4 Å². The molecule has 0 aliphatic carbocycles. The molecule has 274 valence electrons. The van der Waals surface area contributed by atoms with Gasteiger partial charge in [0.1, 0.15) is 32.0 Å². The van der Waals surface area contributed by atoms with Gasteiger partial charge in [-0.05, 0) is 72.0 Å². The quantitative estimate of drug-likeness (QED) is 0.0749. The average Bonchev–Trinajstić information content (AvgIpc) is 3.46. The van der Waals surface area contributed by atoms with Crippen molar-refractivity contribution in [2.45, 2.75) is 60.8 Å². The number of likely N-dealkylation sites (N-methyl/N-ethyl adjacent to an activating group) is 1. The zero-order valence-corrected chi connectivity index (χ0v) is 37.3. The Kier molecular flexibility index (Phi) is 13.8. The first-order valence-corrected chi connectivity index (χ1v) is 19.9. The van der Waals surface area contributed by atoms with E-state index in [0.717, 1.165) is 17.5 Å². The van der Waals surface area contributed by atoms with Gasteiger partial charge in [0.2, 0.25) is 0 Å². The van der Waals surface area contributed by atoms with Gasteiger partial charge in [0.15, 0.2) is 0 Å². The molecule has 0 spiro atoms. The summed E-state index contributed by atoms with van der Waals surface area (Å²) in [4.78, 5) is 14.8. The van der Waals surface area contributed by atoms with Crippen molar-refractivity contribution < 1.29 is 99.9 Å². The summed E-state index contributed by atoms with van der Waals surface area (Å²) in [7, 11) is -4.02. The molecule has 2 aliphatic heterocycles. The van der Waals surface area contributed by atoms with Crippen LogP contribution in [-0.2, 0) is 30.4 Å². The Balaban J connectivity index is 0.00000325. The molecule has 0 saturated heterocycles. The van der Waals surface area contributed by atoms with E-state index < -0.39 is 41.4 Å². The van der Waals surface area contributed by atoms with E-state index in [1.165, 1.54) is 33.0 Å². The number of nitrogens with one attached hydrogen (secondary N) is 1. The molecule has 0 fully saturated rings. The van der Waals surface area contributed by atoms with Gasteiger partial charge in [-0.15, -0.1) is 0 Å². The Hall–Kier alpha value is -2.53. The van der Waals surface area contributed by atoms with E-state index in [-0.39, 0.29) is 82.3 Å². The molecule has 6 rings (SSSR count). The molecule has 4 aromatic carbocycles. The number of rotatable bonds is 12. The number of carboxylic acid groups (broad SMARTS) is 1. The third-order valence-corrected chi connectivity index (χ3v) is 11.9. The van der Waals surface area contributed by atoms with Gasteiger partial charge in [-0.2, -0.15) is 0 Å². The summed E-state index contributed by atoms with van der Waals surface area (Å²) in [5, 5.41) is 13.7. The van der Waals surface area contributed by atoms with E-state index in [1.54, 1.807) is 6.07 Å². The molecular weight excluding hydrogens is 749 g/mol. The number of carbonyl (C=O) groups is 1. The van der Waals surface area contributed by atoms with E-state index >= 15 is 0 Å². The van der Waals surface area contributed by atoms with Crippen LogP contribution in [0.15, 0.2) is 100 Å². The monoisotopic (exact) mass is 789 g/mol. The first-order valence-electron chi connectivity index (χ1n) is 17.1. The minimum atomic E-state index is -5.15. The maximum Gasteiger partial charge on any atom is 1.00 e. The molecule has 11 nitrogen and oxygen atoms in total. The fourth-order valence-corrected chi connectivity index (χ4v) is 9.20. The number of nitrogens with zero attached hydrogens (tertiary/aromatic N) is 2. The number of hydrogen-bond donors (Lipinski definition) is 1. The maximum atomic E-state index is 12.3. The number of quaternary nitrogens is 1. The smallest absolute Gasteiger partial charge is 0.744 e. The van der Waals surface area contributed by atoms with Crippen LogP contribution < -0.4 is 78.9 Å². The van der Waals surface area contributed by atoms with Crippen molar-refractivity contribution >= 4 is 64.8 Å². The predicted octanol–water partition coefficient (Wildman–Crippen LogP) is -1.82. The van der Waals surface area contributed by atoms with Crippen molar-refractivity contribution in [3.8, 4) is 0 Å². The number of carbonyl (C=O) groups excluding carboxylic acids is 1. The Morgan fingerprint density at radius 2 is 1.61 bits per heavy atom. The molecule has 0 aromatic heterocycles. The fourth-order valence-electron chi connectivity index (χ4n) is 7.88. The SMILES string of the molecule is CN(C)c1ccc2c3c(cccc13)C(/C=C/C=C/C=C1/N(CCCCCC(=O)[O-])c3ccc4c(S(=O)(=O)[O-])cc(S(=O)(=O)[O-])cc4c3C1(C)C)[NH+]2C.[Na+].[Na+]. The van der Waals surface area contributed by atoms with Gasteiger partial charge in [-0.3, -0.25) is 4.90 Å². The summed E-state index contributed by atoms with van der Waals surface area (Å²) < 4.78 is 73.3. The number of hydrogen-bond acceptors (Lipinski definition) is 10. The maximum absolute atomic E-state index is 12.3. The number of benzene rings is 4. The van der Waals surface area contributed by atoms with Crippen molar-refractivity contribution in [1.29, 1.82) is 0 Å². The second kappa shape index (κ2) is 16.9. The molecule has 4 aromatic rings. The largest absolute Gasteiger partial charge is 1.00 e. The second-order valence-electron chi connectivity index (χ2n) is 14.1. The fraction of sp³-hybridized carbons (Fsp3) is 0.308. The topological polar surface area (TPSA) is 165 Å². The number of allylic oxidation sites excluding steroid dienone is 5. The minimum absolute atomic E-state index is 0. The van der Waals surface area contributed by atoms with E-state index in [1.807, 2.05) is 57.1 Å². The summed E-state index contributed by atoms with van der Waals surface area (Å²) in [5.74, 6) is -1.12. The van der Waals surface area contributed by atoms with E-state index in [4.69, 9.17) is 0 Å². The second-order valence-corrected chi connectivity index (χ2v) is 16.9. The number of carboxylic acids is 1. The molecule has 54 heavy (non-hydrogen) atoms. The molecule has 0 amide bonds. The van der Waals surface area contributed by atoms with Crippen LogP contribution in [0.1, 0.15) is 56.7 Å². The third kappa shape index (κ3) is 8.42. The van der Waals surface area contributed by atoms with Crippen molar-refractivity contribution in [2.75, 3.05) is 37.5 Å². The Morgan fingerprint density at radius 3 is 2.26 bits per heavy atom. The summed E-state index contributed by atoms with van der Waals surface area (Å²) in [6.07, 6.45) is 11.6. The third-order valence-electron chi connectivity index (χ3n) is 10.3. The zero-order valence-electron chi connectivity index (χ0n) is 31.7. The van der Waals surface area contributed by atoms with Crippen LogP contribution in [0, 0.1) is 0 Å². The molecule has 0 radical (unpaired) electrons. The van der Waals surface area contributed by atoms with Crippen molar-refractivity contribution in [2.24, 2.45) is 0 Å². The van der Waals surface area contributed by atoms with Crippen molar-refractivity contribution in [3.63, 3.8) is 0 Å². The molecule has 0 saturated carbocycles. The molecule has 0 bridgehead atoms. The minimum Gasteiger partial charge on any atom is -0.744 e. The number of unbranched alkanes of at least 4 members (excludes halogenated alkanes) is 2. The molecule has 15 heteroatoms. The van der Waals surface area contributed by atoms with Crippen LogP contribution in [0.5, 0.6) is 0 Å². The van der Waals surface area contributed by atoms with Crippen LogP contribution in [0.25, 0.3) is 21.5 Å². The Bertz CT molecular complexity index is 2430. The summed E-state index contributed by atoms with van der Waals surface area (Å²) >= 11 is 0. The van der Waals surface area contributed by atoms with Crippen LogP contribution >= 0.6 is 0 Å². The Morgan fingerprint density at radius 1 is 0.889 bits per heavy atom. The molecule has 2 atom stereocenters. The van der Waals surface area contributed by atoms with Crippen LogP contribution in [0.4, 0.5) is 17.1 Å². The molecular formula is C39H41N3Na2O8S2. The van der Waals surface area contributed by atoms with Crippen LogP contribution in [0.2, 0.25) is 0 Å². The van der Waals surface area contributed by atoms with E-state index in [0.29, 0.717) is 43.1 Å². The predicted molar refractivity (Wildman–Crippen MR) is 198 cm³/mol. The first kappa shape index (κ1) is 44.2. The summed E-state index contributed by atoms with van der Waals surface area (Å²) in [5.41, 5.74) is 4.88. The first-order chi connectivity index (χ1) is 24.4. The van der Waals surface area contributed by atoms with Gasteiger partial charge in [0.05, 0.1) is 22.2 Å². The van der Waals surface area contributed by atoms with Crippen LogP contribution in [-0.4, -0.2) is 59.6 Å². The number of aliphatic carboxylic acids is 1. The molecule has 2 aliphatic rings. The van der Waals surface area contributed by atoms with Gasteiger partial charge < -0.3 is 28.8 Å². The van der Waals surface area contributed by atoms with E-state index in [9.17, 15) is 35.8 Å². The normalized spacial score (nSPS) is 18.4.